The van der Waals surface area contributed by atoms with Crippen LogP contribution < -0.4 is 0 Å². The maximum atomic E-state index is 6.45. The molecule has 3 aromatic heterocycles. The lowest BCUT2D eigenvalue weighted by molar-refractivity contribution is 0.657. The van der Waals surface area contributed by atoms with Crippen molar-refractivity contribution in [3.8, 4) is 39.5 Å². The molecule has 11 rings (SSSR count). The summed E-state index contributed by atoms with van der Waals surface area (Å²) in [4.78, 5) is 10.2. The van der Waals surface area contributed by atoms with E-state index >= 15 is 0 Å². The standard InChI is InChI=1S/C47H31N3O/c1-47(2)35-26-27-40-41(34-16-8-11-19-39(34)51-40)42(35)43-36(47)25-24-32-31-14-7-10-18-38(31)50(45(32)43)30-22-20-29(21-23-30)46-48-37-17-9-6-15-33(37)44(49-46)28-12-4-3-5-13-28/h3-27H,1-2H3. The Hall–Kier alpha value is -6.52. The fraction of sp³-hybridized carbons (Fsp3) is 0.0638. The highest BCUT2D eigenvalue weighted by atomic mass is 16.3. The first kappa shape index (κ1) is 28.3. The lowest BCUT2D eigenvalue weighted by atomic mass is 9.82. The predicted molar refractivity (Wildman–Crippen MR) is 210 cm³/mol. The second kappa shape index (κ2) is 10.3. The number of rotatable bonds is 3. The summed E-state index contributed by atoms with van der Waals surface area (Å²) in [5.41, 5.74) is 14.3. The van der Waals surface area contributed by atoms with E-state index < -0.39 is 0 Å². The van der Waals surface area contributed by atoms with Crippen LogP contribution >= 0.6 is 0 Å². The number of hydrogen-bond acceptors (Lipinski definition) is 3. The topological polar surface area (TPSA) is 43.9 Å². The minimum atomic E-state index is -0.180. The molecule has 7 aromatic carbocycles. The van der Waals surface area contributed by atoms with Crippen LogP contribution in [0.3, 0.4) is 0 Å². The Morgan fingerprint density at radius 2 is 1.20 bits per heavy atom. The maximum Gasteiger partial charge on any atom is 0.160 e. The average Bonchev–Trinajstić information content (AvgIpc) is 3.80. The van der Waals surface area contributed by atoms with Crippen molar-refractivity contribution in [3.05, 3.63) is 163 Å². The summed E-state index contributed by atoms with van der Waals surface area (Å²) in [5.74, 6) is 0.715. The quantitative estimate of drug-likeness (QED) is 0.191. The van der Waals surface area contributed by atoms with E-state index in [4.69, 9.17) is 14.4 Å². The van der Waals surface area contributed by atoms with Crippen molar-refractivity contribution in [2.24, 2.45) is 0 Å². The largest absolute Gasteiger partial charge is 0.456 e. The molecular weight excluding hydrogens is 623 g/mol. The van der Waals surface area contributed by atoms with Crippen LogP contribution in [-0.2, 0) is 5.41 Å². The van der Waals surface area contributed by atoms with E-state index in [0.29, 0.717) is 5.82 Å². The van der Waals surface area contributed by atoms with Gasteiger partial charge in [-0.05, 0) is 65.2 Å². The highest BCUT2D eigenvalue weighted by Crippen LogP contribution is 2.56. The monoisotopic (exact) mass is 653 g/mol. The molecule has 51 heavy (non-hydrogen) atoms. The van der Waals surface area contributed by atoms with Gasteiger partial charge in [0.15, 0.2) is 5.82 Å². The predicted octanol–water partition coefficient (Wildman–Crippen LogP) is 12.3. The summed E-state index contributed by atoms with van der Waals surface area (Å²) in [6.07, 6.45) is 0. The van der Waals surface area contributed by atoms with E-state index in [1.54, 1.807) is 0 Å². The Labute approximate surface area is 294 Å². The molecule has 0 atom stereocenters. The molecule has 0 aliphatic heterocycles. The Morgan fingerprint density at radius 1 is 0.510 bits per heavy atom. The van der Waals surface area contributed by atoms with Gasteiger partial charge >= 0.3 is 0 Å². The summed E-state index contributed by atoms with van der Waals surface area (Å²) in [6.45, 7) is 4.71. The van der Waals surface area contributed by atoms with Gasteiger partial charge in [-0.2, -0.15) is 0 Å². The molecule has 0 saturated carbocycles. The molecule has 0 radical (unpaired) electrons. The zero-order valence-corrected chi connectivity index (χ0v) is 28.2. The van der Waals surface area contributed by atoms with Crippen molar-refractivity contribution in [1.82, 2.24) is 14.5 Å². The van der Waals surface area contributed by atoms with Crippen molar-refractivity contribution in [2.75, 3.05) is 0 Å². The fourth-order valence-electron chi connectivity index (χ4n) is 8.62. The van der Waals surface area contributed by atoms with Gasteiger partial charge in [0.1, 0.15) is 11.2 Å². The molecule has 1 aliphatic carbocycles. The van der Waals surface area contributed by atoms with Crippen LogP contribution in [0.15, 0.2) is 156 Å². The molecule has 0 N–H and O–H groups in total. The molecule has 0 bridgehead atoms. The van der Waals surface area contributed by atoms with Gasteiger partial charge in [-0.15, -0.1) is 0 Å². The van der Waals surface area contributed by atoms with Gasteiger partial charge in [0.2, 0.25) is 0 Å². The van der Waals surface area contributed by atoms with Gasteiger partial charge in [-0.3, -0.25) is 0 Å². The van der Waals surface area contributed by atoms with Gasteiger partial charge in [0.05, 0.1) is 22.2 Å². The average molecular weight is 654 g/mol. The Bertz CT molecular complexity index is 3040. The van der Waals surface area contributed by atoms with Crippen LogP contribution in [0.25, 0.3) is 94.1 Å². The lowest BCUT2D eigenvalue weighted by Crippen LogP contribution is -2.14. The Balaban J connectivity index is 1.17. The third kappa shape index (κ3) is 3.90. The van der Waals surface area contributed by atoms with E-state index in [9.17, 15) is 0 Å². The second-order valence-electron chi connectivity index (χ2n) is 14.1. The summed E-state index contributed by atoms with van der Waals surface area (Å²) >= 11 is 0. The molecule has 10 aromatic rings. The van der Waals surface area contributed by atoms with Crippen molar-refractivity contribution in [3.63, 3.8) is 0 Å². The SMILES string of the molecule is CC1(C)c2ccc3oc4ccccc4c3c2-c2c1ccc1c3ccccc3n(-c3ccc(-c4nc(-c5ccccc5)c5ccccc5n4)cc3)c21. The van der Waals surface area contributed by atoms with E-state index in [0.717, 1.165) is 50.0 Å². The smallest absolute Gasteiger partial charge is 0.160 e. The van der Waals surface area contributed by atoms with Crippen LogP contribution in [-0.4, -0.2) is 14.5 Å². The first-order valence-corrected chi connectivity index (χ1v) is 17.5. The Kier molecular flexibility index (Phi) is 5.70. The molecule has 0 spiro atoms. The number of aromatic nitrogens is 3. The van der Waals surface area contributed by atoms with Crippen LogP contribution in [0.5, 0.6) is 0 Å². The highest BCUT2D eigenvalue weighted by Gasteiger charge is 2.39. The normalized spacial score (nSPS) is 13.5. The summed E-state index contributed by atoms with van der Waals surface area (Å²) in [6, 6.07) is 53.7. The number of nitrogens with zero attached hydrogens (tertiary/aromatic N) is 3. The highest BCUT2D eigenvalue weighted by molar-refractivity contribution is 6.22. The van der Waals surface area contributed by atoms with Crippen molar-refractivity contribution in [1.29, 1.82) is 0 Å². The fourth-order valence-corrected chi connectivity index (χ4v) is 8.62. The minimum absolute atomic E-state index is 0.180. The first-order chi connectivity index (χ1) is 25.1. The lowest BCUT2D eigenvalue weighted by Gasteiger charge is -2.21. The summed E-state index contributed by atoms with van der Waals surface area (Å²) < 4.78 is 8.90. The van der Waals surface area contributed by atoms with Gasteiger partial charge in [0.25, 0.3) is 0 Å². The molecule has 0 fully saturated rings. The minimum Gasteiger partial charge on any atom is -0.456 e. The summed E-state index contributed by atoms with van der Waals surface area (Å²) in [7, 11) is 0. The van der Waals surface area contributed by atoms with Crippen LogP contribution in [0.4, 0.5) is 0 Å². The molecule has 1 aliphatic rings. The number of benzene rings is 7. The molecular formula is C47H31N3O. The van der Waals surface area contributed by atoms with Crippen molar-refractivity contribution >= 4 is 54.6 Å². The van der Waals surface area contributed by atoms with Gasteiger partial charge in [-0.25, -0.2) is 9.97 Å². The molecule has 4 nitrogen and oxygen atoms in total. The molecule has 0 unspecified atom stereocenters. The number of fused-ring (bicyclic) bond motifs is 12. The zero-order chi connectivity index (χ0) is 33.8. The molecule has 0 amide bonds. The van der Waals surface area contributed by atoms with Crippen LogP contribution in [0.1, 0.15) is 25.0 Å². The van der Waals surface area contributed by atoms with Crippen LogP contribution in [0.2, 0.25) is 0 Å². The Morgan fingerprint density at radius 3 is 2.04 bits per heavy atom. The third-order valence-corrected chi connectivity index (χ3v) is 11.0. The van der Waals surface area contributed by atoms with Gasteiger partial charge in [-0.1, -0.05) is 117 Å². The molecule has 0 saturated heterocycles. The van der Waals surface area contributed by atoms with Crippen molar-refractivity contribution < 1.29 is 4.42 Å². The number of furan rings is 1. The zero-order valence-electron chi connectivity index (χ0n) is 28.2. The number of para-hydroxylation sites is 3. The second-order valence-corrected chi connectivity index (χ2v) is 14.1. The van der Waals surface area contributed by atoms with E-state index in [1.807, 2.05) is 18.2 Å². The third-order valence-electron chi connectivity index (χ3n) is 11.0. The van der Waals surface area contributed by atoms with Gasteiger partial charge < -0.3 is 8.98 Å². The first-order valence-electron chi connectivity index (χ1n) is 17.5. The molecule has 4 heteroatoms. The van der Waals surface area contributed by atoms with E-state index in [-0.39, 0.29) is 5.41 Å². The molecule has 240 valence electrons. The van der Waals surface area contributed by atoms with Crippen LogP contribution in [0, 0.1) is 0 Å². The molecule has 3 heterocycles. The maximum absolute atomic E-state index is 6.45. The number of hydrogen-bond donors (Lipinski definition) is 0. The van der Waals surface area contributed by atoms with E-state index in [1.165, 1.54) is 49.4 Å². The van der Waals surface area contributed by atoms with E-state index in [2.05, 4.69) is 152 Å². The van der Waals surface area contributed by atoms with Crippen molar-refractivity contribution in [2.45, 2.75) is 19.3 Å². The summed E-state index contributed by atoms with van der Waals surface area (Å²) in [5, 5.41) is 5.87. The van der Waals surface area contributed by atoms with Gasteiger partial charge in [0, 0.05) is 54.7 Å².